The summed E-state index contributed by atoms with van der Waals surface area (Å²) in [6.07, 6.45) is 1.23. The summed E-state index contributed by atoms with van der Waals surface area (Å²) < 4.78 is 30.5. The first-order valence-electron chi connectivity index (χ1n) is 10.6. The van der Waals surface area contributed by atoms with Gasteiger partial charge in [0.1, 0.15) is 5.76 Å². The van der Waals surface area contributed by atoms with Crippen molar-refractivity contribution in [2.45, 2.75) is 0 Å². The second kappa shape index (κ2) is 10.5. The van der Waals surface area contributed by atoms with E-state index in [4.69, 9.17) is 39.8 Å². The van der Waals surface area contributed by atoms with Crippen molar-refractivity contribution < 1.29 is 17.6 Å². The number of hydrogen-bond acceptors (Lipinski definition) is 6. The monoisotopic (exact) mass is 552 g/mol. The lowest BCUT2D eigenvalue weighted by atomic mass is 10.2. The van der Waals surface area contributed by atoms with Crippen LogP contribution < -0.4 is 15.5 Å². The van der Waals surface area contributed by atoms with Gasteiger partial charge in [-0.15, -0.1) is 0 Å². The fraction of sp³-hybridized carbons (Fsp3) is 0.217. The molecule has 2 heterocycles. The minimum Gasteiger partial charge on any atom is -0.451 e. The van der Waals surface area contributed by atoms with Gasteiger partial charge in [-0.1, -0.05) is 29.3 Å². The van der Waals surface area contributed by atoms with Gasteiger partial charge in [-0.25, -0.2) is 8.42 Å². The lowest BCUT2D eigenvalue weighted by Gasteiger charge is -2.34. The standard InChI is InChI=1S/C23H22Cl2N4O4S2/c1-35(31,32)29-13-11-28(12-14-29)16-7-5-15(6-8-16)26-23(34)27-22(30)20-10-9-19(33-20)17-3-2-4-18(24)21(17)25/h2-10H,11-14H2,1H3,(H2,26,27,30,34). The molecule has 3 aromatic rings. The van der Waals surface area contributed by atoms with Gasteiger partial charge in [0.05, 0.1) is 16.3 Å². The first-order valence-corrected chi connectivity index (χ1v) is 13.6. The zero-order chi connectivity index (χ0) is 25.2. The minimum atomic E-state index is -3.17. The number of anilines is 2. The molecule has 12 heteroatoms. The molecule has 0 spiro atoms. The number of benzene rings is 2. The van der Waals surface area contributed by atoms with Gasteiger partial charge in [0.25, 0.3) is 5.91 Å². The van der Waals surface area contributed by atoms with Crippen LogP contribution >= 0.6 is 35.4 Å². The Bertz CT molecular complexity index is 1350. The Morgan fingerprint density at radius 2 is 1.69 bits per heavy atom. The first kappa shape index (κ1) is 25.5. The second-order valence-electron chi connectivity index (χ2n) is 7.87. The number of thiocarbonyl (C=S) groups is 1. The van der Waals surface area contributed by atoms with Gasteiger partial charge in [-0.3, -0.25) is 10.1 Å². The van der Waals surface area contributed by atoms with Gasteiger partial charge in [-0.05, 0) is 60.7 Å². The van der Waals surface area contributed by atoms with Crippen LogP contribution in [0.3, 0.4) is 0 Å². The van der Waals surface area contributed by atoms with E-state index in [1.54, 1.807) is 24.3 Å². The number of halogens is 2. The van der Waals surface area contributed by atoms with Crippen LogP contribution in [0, 0.1) is 0 Å². The van der Waals surface area contributed by atoms with E-state index >= 15 is 0 Å². The highest BCUT2D eigenvalue weighted by molar-refractivity contribution is 7.88. The third-order valence-electron chi connectivity index (χ3n) is 5.47. The van der Waals surface area contributed by atoms with Crippen LogP contribution in [-0.2, 0) is 10.0 Å². The number of carbonyl (C=O) groups excluding carboxylic acids is 1. The number of furan rings is 1. The Balaban J connectivity index is 1.32. The number of hydrogen-bond donors (Lipinski definition) is 2. The molecule has 8 nitrogen and oxygen atoms in total. The number of nitrogens with zero attached hydrogens (tertiary/aromatic N) is 2. The van der Waals surface area contributed by atoms with Crippen LogP contribution in [0.25, 0.3) is 11.3 Å². The Morgan fingerprint density at radius 1 is 1.00 bits per heavy atom. The van der Waals surface area contributed by atoms with Gasteiger partial charge in [0.15, 0.2) is 10.9 Å². The first-order chi connectivity index (χ1) is 16.6. The van der Waals surface area contributed by atoms with E-state index in [1.165, 1.54) is 16.6 Å². The Morgan fingerprint density at radius 3 is 2.34 bits per heavy atom. The summed E-state index contributed by atoms with van der Waals surface area (Å²) in [7, 11) is -3.17. The van der Waals surface area contributed by atoms with Gasteiger partial charge in [-0.2, -0.15) is 4.31 Å². The molecule has 35 heavy (non-hydrogen) atoms. The largest absolute Gasteiger partial charge is 0.451 e. The average molecular weight is 553 g/mol. The molecule has 0 aliphatic carbocycles. The molecule has 4 rings (SSSR count). The van der Waals surface area contributed by atoms with E-state index in [9.17, 15) is 13.2 Å². The number of sulfonamides is 1. The molecule has 0 unspecified atom stereocenters. The normalized spacial score (nSPS) is 14.5. The van der Waals surface area contributed by atoms with Crippen LogP contribution in [0.15, 0.2) is 59.0 Å². The molecule has 0 bridgehead atoms. The molecule has 0 radical (unpaired) electrons. The van der Waals surface area contributed by atoms with Crippen LogP contribution in [0.2, 0.25) is 10.0 Å². The molecule has 0 saturated carbocycles. The predicted octanol–water partition coefficient (Wildman–Crippen LogP) is 4.46. The zero-order valence-electron chi connectivity index (χ0n) is 18.6. The van der Waals surface area contributed by atoms with Gasteiger partial charge in [0, 0.05) is 43.1 Å². The molecule has 1 saturated heterocycles. The van der Waals surface area contributed by atoms with Crippen molar-refractivity contribution in [1.82, 2.24) is 9.62 Å². The van der Waals surface area contributed by atoms with E-state index in [0.717, 1.165) is 5.69 Å². The van der Waals surface area contributed by atoms with E-state index in [0.29, 0.717) is 53.2 Å². The smallest absolute Gasteiger partial charge is 0.293 e. The number of carbonyl (C=O) groups is 1. The van der Waals surface area contributed by atoms with Crippen LogP contribution in [0.1, 0.15) is 10.6 Å². The third kappa shape index (κ3) is 6.14. The minimum absolute atomic E-state index is 0.0729. The summed E-state index contributed by atoms with van der Waals surface area (Å²) in [4.78, 5) is 14.7. The molecule has 2 aromatic carbocycles. The Kier molecular flexibility index (Phi) is 7.67. The Hall–Kier alpha value is -2.63. The third-order valence-corrected chi connectivity index (χ3v) is 7.80. The highest BCUT2D eigenvalue weighted by atomic mass is 35.5. The molecule has 1 aliphatic heterocycles. The summed E-state index contributed by atoms with van der Waals surface area (Å²) in [6.45, 7) is 2.12. The maximum Gasteiger partial charge on any atom is 0.293 e. The number of piperazine rings is 1. The molecule has 1 aliphatic rings. The van der Waals surface area contributed by atoms with Gasteiger partial charge < -0.3 is 14.6 Å². The highest BCUT2D eigenvalue weighted by Gasteiger charge is 2.23. The molecular weight excluding hydrogens is 531 g/mol. The summed E-state index contributed by atoms with van der Waals surface area (Å²) in [5, 5.41) is 6.40. The zero-order valence-corrected chi connectivity index (χ0v) is 21.8. The van der Waals surface area contributed by atoms with Crippen LogP contribution in [0.4, 0.5) is 11.4 Å². The second-order valence-corrected chi connectivity index (χ2v) is 11.0. The quantitative estimate of drug-likeness (QED) is 0.451. The predicted molar refractivity (Wildman–Crippen MR) is 143 cm³/mol. The molecule has 1 amide bonds. The van der Waals surface area contributed by atoms with Crippen molar-refractivity contribution in [3.8, 4) is 11.3 Å². The maximum atomic E-state index is 12.6. The van der Waals surface area contributed by atoms with Gasteiger partial charge >= 0.3 is 0 Å². The van der Waals surface area contributed by atoms with Crippen molar-refractivity contribution in [3.63, 3.8) is 0 Å². The number of nitrogens with one attached hydrogen (secondary N) is 2. The maximum absolute atomic E-state index is 12.6. The number of rotatable bonds is 5. The topological polar surface area (TPSA) is 94.9 Å². The van der Waals surface area contributed by atoms with E-state index in [1.807, 2.05) is 24.3 Å². The van der Waals surface area contributed by atoms with E-state index in [-0.39, 0.29) is 10.9 Å². The molecule has 184 valence electrons. The van der Waals surface area contributed by atoms with E-state index < -0.39 is 15.9 Å². The van der Waals surface area contributed by atoms with Crippen molar-refractivity contribution in [1.29, 1.82) is 0 Å². The lowest BCUT2D eigenvalue weighted by molar-refractivity contribution is 0.0951. The van der Waals surface area contributed by atoms with Crippen molar-refractivity contribution in [3.05, 3.63) is 70.4 Å². The Labute approximate surface area is 218 Å². The molecular formula is C23H22Cl2N4O4S2. The van der Waals surface area contributed by atoms with Crippen LogP contribution in [-0.4, -0.2) is 56.2 Å². The van der Waals surface area contributed by atoms with Crippen molar-refractivity contribution >= 4 is 67.8 Å². The lowest BCUT2D eigenvalue weighted by Crippen LogP contribution is -2.48. The summed E-state index contributed by atoms with van der Waals surface area (Å²) in [5.41, 5.74) is 2.25. The fourth-order valence-corrected chi connectivity index (χ4v) is 5.09. The summed E-state index contributed by atoms with van der Waals surface area (Å²) >= 11 is 17.5. The van der Waals surface area contributed by atoms with Gasteiger partial charge in [0.2, 0.25) is 10.0 Å². The van der Waals surface area contributed by atoms with Crippen molar-refractivity contribution in [2.75, 3.05) is 42.7 Å². The molecule has 0 atom stereocenters. The SMILES string of the molecule is CS(=O)(=O)N1CCN(c2ccc(NC(=S)NC(=O)c3ccc(-c4cccc(Cl)c4Cl)o3)cc2)CC1. The molecule has 1 fully saturated rings. The van der Waals surface area contributed by atoms with Crippen LogP contribution in [0.5, 0.6) is 0 Å². The van der Waals surface area contributed by atoms with Crippen molar-refractivity contribution in [2.24, 2.45) is 0 Å². The fourth-order valence-electron chi connectivity index (χ4n) is 3.66. The molecule has 2 N–H and O–H groups in total. The average Bonchev–Trinajstić information content (AvgIpc) is 3.31. The summed E-state index contributed by atoms with van der Waals surface area (Å²) in [5.74, 6) is -0.0227. The highest BCUT2D eigenvalue weighted by Crippen LogP contribution is 2.34. The number of amides is 1. The van der Waals surface area contributed by atoms with E-state index in [2.05, 4.69) is 15.5 Å². The summed E-state index contributed by atoms with van der Waals surface area (Å²) in [6, 6.07) is 15.8. The molecule has 1 aromatic heterocycles.